The maximum atomic E-state index is 12.6. The molecule has 0 spiro atoms. The number of rotatable bonds is 7. The maximum Gasteiger partial charge on any atom is 0.243 e. The molecule has 0 aliphatic carbocycles. The molecule has 0 bridgehead atoms. The van der Waals surface area contributed by atoms with E-state index in [1.165, 1.54) is 20.5 Å². The van der Waals surface area contributed by atoms with Gasteiger partial charge >= 0.3 is 0 Å². The third kappa shape index (κ3) is 3.92. The molecule has 4 nitrogen and oxygen atoms in total. The summed E-state index contributed by atoms with van der Waals surface area (Å²) < 4.78 is 26.7. The lowest BCUT2D eigenvalue weighted by molar-refractivity contribution is 0.388. The molecule has 2 aromatic heterocycles. The Morgan fingerprint density at radius 3 is 2.71 bits per heavy atom. The molecule has 0 amide bonds. The Bertz CT molecular complexity index is 662. The quantitative estimate of drug-likeness (QED) is 0.840. The van der Waals surface area contributed by atoms with Crippen LogP contribution in [0.3, 0.4) is 0 Å². The van der Waals surface area contributed by atoms with Gasteiger partial charge in [-0.05, 0) is 37.9 Å². The molecule has 2 aromatic rings. The van der Waals surface area contributed by atoms with E-state index >= 15 is 0 Å². The molecular weight excluding hydrogens is 324 g/mol. The number of nitrogens with one attached hydrogen (secondary N) is 1. The minimum atomic E-state index is -3.42. The van der Waals surface area contributed by atoms with E-state index in [1.807, 2.05) is 31.5 Å². The van der Waals surface area contributed by atoms with E-state index in [4.69, 9.17) is 0 Å². The SMILES string of the molecule is CNCc1cc(S(=O)(=O)N(C)C(C)Cc2cccs2)cs1. The molecule has 0 saturated heterocycles. The van der Waals surface area contributed by atoms with Gasteiger partial charge in [0.2, 0.25) is 10.0 Å². The zero-order valence-electron chi connectivity index (χ0n) is 12.4. The minimum Gasteiger partial charge on any atom is -0.315 e. The summed E-state index contributed by atoms with van der Waals surface area (Å²) in [6.07, 6.45) is 0.737. The van der Waals surface area contributed by atoms with Crippen molar-refractivity contribution in [2.75, 3.05) is 14.1 Å². The van der Waals surface area contributed by atoms with Gasteiger partial charge in [0.15, 0.2) is 0 Å². The molecule has 0 fully saturated rings. The second-order valence-corrected chi connectivity index (χ2v) is 8.96. The fourth-order valence-electron chi connectivity index (χ4n) is 2.01. The zero-order valence-corrected chi connectivity index (χ0v) is 14.8. The second kappa shape index (κ2) is 7.02. The van der Waals surface area contributed by atoms with Gasteiger partial charge in [0.25, 0.3) is 0 Å². The minimum absolute atomic E-state index is 0.0682. The number of hydrogen-bond acceptors (Lipinski definition) is 5. The van der Waals surface area contributed by atoms with Crippen LogP contribution < -0.4 is 5.32 Å². The van der Waals surface area contributed by atoms with Gasteiger partial charge in [-0.1, -0.05) is 6.07 Å². The lowest BCUT2D eigenvalue weighted by Crippen LogP contribution is -2.36. The maximum absolute atomic E-state index is 12.6. The molecule has 1 unspecified atom stereocenters. The van der Waals surface area contributed by atoms with E-state index in [2.05, 4.69) is 5.32 Å². The zero-order chi connectivity index (χ0) is 15.5. The highest BCUT2D eigenvalue weighted by Gasteiger charge is 2.26. The Morgan fingerprint density at radius 2 is 2.10 bits per heavy atom. The molecule has 0 aliphatic rings. The summed E-state index contributed by atoms with van der Waals surface area (Å²) in [5.74, 6) is 0. The topological polar surface area (TPSA) is 49.4 Å². The molecular formula is C14H20N2O2S3. The Labute approximate surface area is 134 Å². The summed E-state index contributed by atoms with van der Waals surface area (Å²) in [7, 11) is 0.0878. The fraction of sp³-hybridized carbons (Fsp3) is 0.429. The highest BCUT2D eigenvalue weighted by Crippen LogP contribution is 2.24. The number of sulfonamides is 1. The van der Waals surface area contributed by atoms with Gasteiger partial charge in [-0.25, -0.2) is 8.42 Å². The smallest absolute Gasteiger partial charge is 0.243 e. The van der Waals surface area contributed by atoms with Crippen molar-refractivity contribution >= 4 is 32.7 Å². The normalized spacial score (nSPS) is 13.7. The van der Waals surface area contributed by atoms with Gasteiger partial charge in [-0.3, -0.25) is 0 Å². The Kier molecular flexibility index (Phi) is 5.56. The third-order valence-corrected chi connectivity index (χ3v) is 7.29. The van der Waals surface area contributed by atoms with E-state index < -0.39 is 10.0 Å². The first-order chi connectivity index (χ1) is 9.95. The van der Waals surface area contributed by atoms with Gasteiger partial charge in [-0.2, -0.15) is 4.31 Å². The molecule has 7 heteroatoms. The summed E-state index contributed by atoms with van der Waals surface area (Å²) in [5, 5.41) is 6.77. The average Bonchev–Trinajstić information content (AvgIpc) is 3.09. The van der Waals surface area contributed by atoms with Crippen molar-refractivity contribution < 1.29 is 8.42 Å². The summed E-state index contributed by atoms with van der Waals surface area (Å²) in [4.78, 5) is 2.61. The highest BCUT2D eigenvalue weighted by molar-refractivity contribution is 7.89. The van der Waals surface area contributed by atoms with Crippen LogP contribution in [-0.2, 0) is 23.0 Å². The first kappa shape index (κ1) is 16.6. The average molecular weight is 345 g/mol. The lowest BCUT2D eigenvalue weighted by Gasteiger charge is -2.23. The van der Waals surface area contributed by atoms with E-state index in [0.29, 0.717) is 11.4 Å². The summed E-state index contributed by atoms with van der Waals surface area (Å²) in [6, 6.07) is 5.72. The molecule has 0 aliphatic heterocycles. The predicted molar refractivity (Wildman–Crippen MR) is 89.5 cm³/mol. The summed E-state index contributed by atoms with van der Waals surface area (Å²) in [5.41, 5.74) is 0. The van der Waals surface area contributed by atoms with Gasteiger partial charge in [-0.15, -0.1) is 22.7 Å². The van der Waals surface area contributed by atoms with Crippen molar-refractivity contribution in [1.82, 2.24) is 9.62 Å². The molecule has 0 saturated carbocycles. The van der Waals surface area contributed by atoms with E-state index in [9.17, 15) is 8.42 Å². The Balaban J connectivity index is 2.13. The second-order valence-electron chi connectivity index (χ2n) is 4.93. The van der Waals surface area contributed by atoms with Crippen LogP contribution in [0.25, 0.3) is 0 Å². The predicted octanol–water partition coefficient (Wildman–Crippen LogP) is 2.78. The molecule has 1 N–H and O–H groups in total. The van der Waals surface area contributed by atoms with Crippen LogP contribution in [0.1, 0.15) is 16.7 Å². The van der Waals surface area contributed by atoms with E-state index in [0.717, 1.165) is 11.3 Å². The largest absolute Gasteiger partial charge is 0.315 e. The van der Waals surface area contributed by atoms with Crippen LogP contribution in [0.5, 0.6) is 0 Å². The third-order valence-electron chi connectivity index (χ3n) is 3.36. The first-order valence-electron chi connectivity index (χ1n) is 6.67. The molecule has 1 atom stereocenters. The fourth-order valence-corrected chi connectivity index (χ4v) is 5.48. The van der Waals surface area contributed by atoms with Crippen molar-refractivity contribution in [2.24, 2.45) is 0 Å². The standard InChI is InChI=1S/C14H20N2O2S3/c1-11(7-12-5-4-6-19-12)16(3)21(17,18)14-8-13(9-15-2)20-10-14/h4-6,8,10-11,15H,7,9H2,1-3H3. The van der Waals surface area contributed by atoms with Crippen LogP contribution in [0, 0.1) is 0 Å². The van der Waals surface area contributed by atoms with Crippen molar-refractivity contribution in [1.29, 1.82) is 0 Å². The Morgan fingerprint density at radius 1 is 1.33 bits per heavy atom. The number of likely N-dealkylation sites (N-methyl/N-ethyl adjacent to an activating group) is 1. The molecule has 2 rings (SSSR count). The molecule has 116 valence electrons. The van der Waals surface area contributed by atoms with Gasteiger partial charge in [0.1, 0.15) is 0 Å². The van der Waals surface area contributed by atoms with Crippen molar-refractivity contribution in [3.63, 3.8) is 0 Å². The number of thiophene rings is 2. The van der Waals surface area contributed by atoms with Crippen LogP contribution >= 0.6 is 22.7 Å². The lowest BCUT2D eigenvalue weighted by atomic mass is 10.2. The summed E-state index contributed by atoms with van der Waals surface area (Å²) in [6.45, 7) is 2.63. The van der Waals surface area contributed by atoms with Gasteiger partial charge in [0, 0.05) is 34.8 Å². The van der Waals surface area contributed by atoms with Gasteiger partial charge in [0.05, 0.1) is 4.90 Å². The number of hydrogen-bond donors (Lipinski definition) is 1. The van der Waals surface area contributed by atoms with Crippen LogP contribution in [0.2, 0.25) is 0 Å². The monoisotopic (exact) mass is 344 g/mol. The first-order valence-corrected chi connectivity index (χ1v) is 9.87. The van der Waals surface area contributed by atoms with Crippen molar-refractivity contribution in [2.45, 2.75) is 30.8 Å². The number of nitrogens with zero attached hydrogens (tertiary/aromatic N) is 1. The molecule has 0 radical (unpaired) electrons. The van der Waals surface area contributed by atoms with Crippen molar-refractivity contribution in [3.8, 4) is 0 Å². The summed E-state index contributed by atoms with van der Waals surface area (Å²) >= 11 is 3.13. The molecule has 0 aromatic carbocycles. The van der Waals surface area contributed by atoms with Gasteiger partial charge < -0.3 is 5.32 Å². The van der Waals surface area contributed by atoms with E-state index in [-0.39, 0.29) is 6.04 Å². The molecule has 2 heterocycles. The van der Waals surface area contributed by atoms with Crippen molar-refractivity contribution in [3.05, 3.63) is 38.7 Å². The van der Waals surface area contributed by atoms with Crippen LogP contribution in [-0.4, -0.2) is 32.9 Å². The van der Waals surface area contributed by atoms with E-state index in [1.54, 1.807) is 29.8 Å². The molecule has 21 heavy (non-hydrogen) atoms. The highest BCUT2D eigenvalue weighted by atomic mass is 32.2. The van der Waals surface area contributed by atoms with Crippen LogP contribution in [0.4, 0.5) is 0 Å². The van der Waals surface area contributed by atoms with Crippen LogP contribution in [0.15, 0.2) is 33.9 Å². The Hall–Kier alpha value is -0.730.